The first kappa shape index (κ1) is 22.7. The van der Waals surface area contributed by atoms with Crippen molar-refractivity contribution in [2.75, 3.05) is 7.11 Å². The average Bonchev–Trinajstić information content (AvgIpc) is 3.18. The lowest BCUT2D eigenvalue weighted by molar-refractivity contribution is -0.138. The predicted octanol–water partition coefficient (Wildman–Crippen LogP) is 6.04. The predicted molar refractivity (Wildman–Crippen MR) is 115 cm³/mol. The highest BCUT2D eigenvalue weighted by Gasteiger charge is 2.34. The summed E-state index contributed by atoms with van der Waals surface area (Å²) in [6, 6.07) is 9.78. The molecular weight excluding hydrogens is 508 g/mol. The van der Waals surface area contributed by atoms with E-state index in [0.717, 1.165) is 6.07 Å². The highest BCUT2D eigenvalue weighted by atomic mass is 79.9. The highest BCUT2D eigenvalue weighted by Crippen LogP contribution is 2.38. The lowest BCUT2D eigenvalue weighted by Crippen LogP contribution is -2.12. The van der Waals surface area contributed by atoms with Crippen molar-refractivity contribution >= 4 is 15.9 Å². The van der Waals surface area contributed by atoms with Crippen molar-refractivity contribution in [3.8, 4) is 34.1 Å². The van der Waals surface area contributed by atoms with Crippen molar-refractivity contribution in [2.24, 2.45) is 0 Å². The number of rotatable bonds is 6. The van der Waals surface area contributed by atoms with Crippen LogP contribution in [-0.4, -0.2) is 27.0 Å². The van der Waals surface area contributed by atoms with Crippen LogP contribution in [0.4, 0.5) is 17.6 Å². The number of aromatic nitrogens is 4. The Kier molecular flexibility index (Phi) is 6.32. The van der Waals surface area contributed by atoms with Crippen LogP contribution < -0.4 is 9.47 Å². The summed E-state index contributed by atoms with van der Waals surface area (Å²) in [5.74, 6) is 0.558. The third-order valence-corrected chi connectivity index (χ3v) is 5.25. The molecule has 4 aromatic rings. The lowest BCUT2D eigenvalue weighted by Gasteiger charge is -2.14. The van der Waals surface area contributed by atoms with E-state index in [1.54, 1.807) is 24.3 Å². The molecule has 0 radical (unpaired) electrons. The monoisotopic (exact) mass is 522 g/mol. The minimum Gasteiger partial charge on any atom is -0.496 e. The van der Waals surface area contributed by atoms with Crippen LogP contribution in [0.2, 0.25) is 0 Å². The number of hydrogen-bond donors (Lipinski definition) is 1. The second-order valence-electron chi connectivity index (χ2n) is 6.77. The molecule has 0 spiro atoms. The van der Waals surface area contributed by atoms with Crippen molar-refractivity contribution in [3.05, 3.63) is 76.7 Å². The molecule has 0 unspecified atom stereocenters. The van der Waals surface area contributed by atoms with E-state index in [9.17, 15) is 17.6 Å². The quantitative estimate of drug-likeness (QED) is 0.247. The van der Waals surface area contributed by atoms with E-state index in [-0.39, 0.29) is 12.3 Å². The first-order valence-electron chi connectivity index (χ1n) is 9.46. The van der Waals surface area contributed by atoms with Crippen molar-refractivity contribution in [1.82, 2.24) is 19.9 Å². The standard InChI is InChI=1S/C22H15BrF4N4O2/c1-32-17-9-13(33-11-16-15(22(25,26)27)3-2-8-28-16)5-6-14(17)19-20(23)31-21(30-19)12-4-7-18(24)29-10-12/h2-10H,11H2,1H3,(H,30,31). The van der Waals surface area contributed by atoms with Gasteiger partial charge in [0.05, 0.1) is 24.1 Å². The van der Waals surface area contributed by atoms with Crippen LogP contribution in [0.3, 0.4) is 0 Å². The third-order valence-electron chi connectivity index (χ3n) is 4.67. The first-order chi connectivity index (χ1) is 15.8. The van der Waals surface area contributed by atoms with Gasteiger partial charge in [-0.2, -0.15) is 17.6 Å². The van der Waals surface area contributed by atoms with Gasteiger partial charge in [-0.3, -0.25) is 4.98 Å². The molecule has 0 saturated carbocycles. The largest absolute Gasteiger partial charge is 0.496 e. The molecule has 170 valence electrons. The number of imidazole rings is 1. The summed E-state index contributed by atoms with van der Waals surface area (Å²) in [4.78, 5) is 14.9. The molecule has 0 bridgehead atoms. The maximum Gasteiger partial charge on any atom is 0.418 e. The second kappa shape index (κ2) is 9.18. The van der Waals surface area contributed by atoms with Crippen molar-refractivity contribution in [2.45, 2.75) is 12.8 Å². The molecule has 6 nitrogen and oxygen atoms in total. The van der Waals surface area contributed by atoms with Gasteiger partial charge in [-0.05, 0) is 52.3 Å². The van der Waals surface area contributed by atoms with E-state index < -0.39 is 17.7 Å². The van der Waals surface area contributed by atoms with Crippen LogP contribution in [0.25, 0.3) is 22.6 Å². The number of pyridine rings is 2. The van der Waals surface area contributed by atoms with E-state index >= 15 is 0 Å². The maximum absolute atomic E-state index is 13.2. The SMILES string of the molecule is COc1cc(OCc2ncccc2C(F)(F)F)ccc1-c1[nH]c(-c2ccc(F)nc2)nc1Br. The van der Waals surface area contributed by atoms with Gasteiger partial charge >= 0.3 is 6.18 Å². The number of aromatic amines is 1. The summed E-state index contributed by atoms with van der Waals surface area (Å²) >= 11 is 3.40. The number of alkyl halides is 3. The van der Waals surface area contributed by atoms with Gasteiger partial charge in [0.15, 0.2) is 0 Å². The molecule has 3 heterocycles. The van der Waals surface area contributed by atoms with E-state index in [0.29, 0.717) is 38.7 Å². The topological polar surface area (TPSA) is 72.9 Å². The second-order valence-corrected chi connectivity index (χ2v) is 7.52. The molecule has 0 aliphatic heterocycles. The summed E-state index contributed by atoms with van der Waals surface area (Å²) in [5.41, 5.74) is 0.721. The molecule has 0 saturated heterocycles. The first-order valence-corrected chi connectivity index (χ1v) is 10.3. The number of benzene rings is 1. The lowest BCUT2D eigenvalue weighted by atomic mass is 10.1. The van der Waals surface area contributed by atoms with Gasteiger partial charge in [0.25, 0.3) is 0 Å². The van der Waals surface area contributed by atoms with Crippen molar-refractivity contribution in [3.63, 3.8) is 0 Å². The number of nitrogens with one attached hydrogen (secondary N) is 1. The number of nitrogens with zero attached hydrogens (tertiary/aromatic N) is 3. The Hall–Kier alpha value is -3.47. The minimum absolute atomic E-state index is 0.220. The molecule has 4 rings (SSSR count). The molecule has 1 aromatic carbocycles. The summed E-state index contributed by atoms with van der Waals surface area (Å²) in [6.45, 7) is -0.367. The summed E-state index contributed by atoms with van der Waals surface area (Å²) in [5, 5.41) is 0. The van der Waals surface area contributed by atoms with Gasteiger partial charge in [0.2, 0.25) is 5.95 Å². The van der Waals surface area contributed by atoms with Gasteiger partial charge < -0.3 is 14.5 Å². The van der Waals surface area contributed by atoms with Crippen molar-refractivity contribution < 1.29 is 27.0 Å². The number of hydrogen-bond acceptors (Lipinski definition) is 5. The Labute approximate surface area is 193 Å². The van der Waals surface area contributed by atoms with Crippen LogP contribution in [-0.2, 0) is 12.8 Å². The molecule has 11 heteroatoms. The smallest absolute Gasteiger partial charge is 0.418 e. The van der Waals surface area contributed by atoms with Crippen LogP contribution in [0.15, 0.2) is 59.5 Å². The normalized spacial score (nSPS) is 11.5. The Morgan fingerprint density at radius 3 is 2.61 bits per heavy atom. The zero-order valence-electron chi connectivity index (χ0n) is 17.0. The summed E-state index contributed by atoms with van der Waals surface area (Å²) < 4.78 is 64.1. The fraction of sp³-hybridized carbons (Fsp3) is 0.136. The van der Waals surface area contributed by atoms with Gasteiger partial charge in [0.1, 0.15) is 28.5 Å². The van der Waals surface area contributed by atoms with Crippen LogP contribution in [0.5, 0.6) is 11.5 Å². The molecule has 3 aromatic heterocycles. The maximum atomic E-state index is 13.2. The molecule has 1 N–H and O–H groups in total. The molecule has 0 aliphatic rings. The summed E-state index contributed by atoms with van der Waals surface area (Å²) in [7, 11) is 1.46. The van der Waals surface area contributed by atoms with Gasteiger partial charge in [-0.1, -0.05) is 0 Å². The molecule has 0 amide bonds. The Balaban J connectivity index is 1.59. The third kappa shape index (κ3) is 4.98. The fourth-order valence-corrected chi connectivity index (χ4v) is 3.60. The fourth-order valence-electron chi connectivity index (χ4n) is 3.11. The van der Waals surface area contributed by atoms with Crippen molar-refractivity contribution in [1.29, 1.82) is 0 Å². The Bertz CT molecular complexity index is 1280. The van der Waals surface area contributed by atoms with Crippen LogP contribution in [0.1, 0.15) is 11.3 Å². The number of ether oxygens (including phenoxy) is 2. The van der Waals surface area contributed by atoms with E-state index in [1.165, 1.54) is 31.6 Å². The summed E-state index contributed by atoms with van der Waals surface area (Å²) in [6.07, 6.45) is -1.90. The van der Waals surface area contributed by atoms with Gasteiger partial charge in [0, 0.05) is 29.6 Å². The van der Waals surface area contributed by atoms with Gasteiger partial charge in [-0.25, -0.2) is 9.97 Å². The molecule has 33 heavy (non-hydrogen) atoms. The number of H-pyrrole nitrogens is 1. The molecule has 0 fully saturated rings. The van der Waals surface area contributed by atoms with E-state index in [4.69, 9.17) is 9.47 Å². The Morgan fingerprint density at radius 2 is 1.91 bits per heavy atom. The van der Waals surface area contributed by atoms with E-state index in [1.807, 2.05) is 0 Å². The van der Waals surface area contributed by atoms with Gasteiger partial charge in [-0.15, -0.1) is 0 Å². The minimum atomic E-state index is -4.53. The Morgan fingerprint density at radius 1 is 1.09 bits per heavy atom. The zero-order valence-corrected chi connectivity index (χ0v) is 18.5. The number of methoxy groups -OCH3 is 1. The molecule has 0 atom stereocenters. The van der Waals surface area contributed by atoms with Crippen LogP contribution in [0, 0.1) is 5.95 Å². The molecule has 0 aliphatic carbocycles. The average molecular weight is 523 g/mol. The van der Waals surface area contributed by atoms with Crippen LogP contribution >= 0.6 is 15.9 Å². The highest BCUT2D eigenvalue weighted by molar-refractivity contribution is 9.10. The van der Waals surface area contributed by atoms with E-state index in [2.05, 4.69) is 35.9 Å². The number of halogens is 5. The zero-order chi connectivity index (χ0) is 23.6. The molecular formula is C22H15BrF4N4O2.